The number of hydrogen-bond donors (Lipinski definition) is 2. The molecular weight excluding hydrogens is 366 g/mol. The lowest BCUT2D eigenvalue weighted by atomic mass is 9.96. The Balaban J connectivity index is 1.50. The summed E-state index contributed by atoms with van der Waals surface area (Å²) in [5.74, 6) is 0.934. The molecule has 1 saturated carbocycles. The number of anilines is 1. The van der Waals surface area contributed by atoms with E-state index in [1.54, 1.807) is 0 Å². The van der Waals surface area contributed by atoms with Gasteiger partial charge < -0.3 is 15.0 Å². The predicted octanol–water partition coefficient (Wildman–Crippen LogP) is 2.20. The average molecular weight is 388 g/mol. The van der Waals surface area contributed by atoms with E-state index in [0.717, 1.165) is 13.0 Å². The molecule has 1 aromatic heterocycles. The number of rotatable bonds is 6. The summed E-state index contributed by atoms with van der Waals surface area (Å²) < 4.78 is 5.23. The van der Waals surface area contributed by atoms with E-state index in [9.17, 15) is 14.9 Å². The van der Waals surface area contributed by atoms with Gasteiger partial charge in [0, 0.05) is 34.9 Å². The molecule has 1 fully saturated rings. The molecule has 8 heteroatoms. The standard InChI is InChI=1S/C19H21N3O4S/c1-26-16-5-4-13(22(24)25)10-15(16)20-18(23)11-21-8-6-17-14(7-9-27-17)19(21)12-2-3-12/h4-5,7,9-10,12,19H,2-3,6,8,11H2,1H3,(H,20,23)/p+1/t19-/m0/s1. The van der Waals surface area contributed by atoms with Crippen LogP contribution >= 0.6 is 11.3 Å². The summed E-state index contributed by atoms with van der Waals surface area (Å²) in [7, 11) is 1.48. The highest BCUT2D eigenvalue weighted by Crippen LogP contribution is 2.42. The van der Waals surface area contributed by atoms with Crippen LogP contribution in [0.3, 0.4) is 0 Å². The monoisotopic (exact) mass is 388 g/mol. The molecule has 2 atom stereocenters. The van der Waals surface area contributed by atoms with Crippen LogP contribution in [0, 0.1) is 16.0 Å². The maximum absolute atomic E-state index is 12.7. The summed E-state index contributed by atoms with van der Waals surface area (Å²) in [6.07, 6.45) is 3.45. The van der Waals surface area contributed by atoms with E-state index in [4.69, 9.17) is 4.74 Å². The number of nitro groups is 1. The Morgan fingerprint density at radius 3 is 2.93 bits per heavy atom. The molecule has 1 aliphatic carbocycles. The number of nitro benzene ring substituents is 1. The van der Waals surface area contributed by atoms with Gasteiger partial charge in [-0.15, -0.1) is 11.3 Å². The number of thiophene rings is 1. The Labute approximate surface area is 161 Å². The topological polar surface area (TPSA) is 85.9 Å². The van der Waals surface area contributed by atoms with Gasteiger partial charge in [0.1, 0.15) is 11.8 Å². The Hall–Kier alpha value is -2.45. The molecule has 2 aromatic rings. The zero-order chi connectivity index (χ0) is 19.0. The first-order chi connectivity index (χ1) is 13.1. The molecule has 2 heterocycles. The molecule has 1 amide bonds. The average Bonchev–Trinajstić information content (AvgIpc) is 3.37. The van der Waals surface area contributed by atoms with E-state index < -0.39 is 4.92 Å². The van der Waals surface area contributed by atoms with E-state index in [1.807, 2.05) is 11.3 Å². The number of nitrogens with zero attached hydrogens (tertiary/aromatic N) is 1. The maximum Gasteiger partial charge on any atom is 0.279 e. The van der Waals surface area contributed by atoms with Crippen molar-refractivity contribution in [3.63, 3.8) is 0 Å². The molecule has 0 saturated heterocycles. The van der Waals surface area contributed by atoms with E-state index in [2.05, 4.69) is 16.8 Å². The Bertz CT molecular complexity index is 878. The number of fused-ring (bicyclic) bond motifs is 1. The summed E-state index contributed by atoms with van der Waals surface area (Å²) in [5, 5.41) is 16.0. The van der Waals surface area contributed by atoms with Gasteiger partial charge in [-0.1, -0.05) is 0 Å². The van der Waals surface area contributed by atoms with Gasteiger partial charge in [0.05, 0.1) is 24.3 Å². The molecule has 27 heavy (non-hydrogen) atoms. The third kappa shape index (κ3) is 3.68. The molecular formula is C19H22N3O4S+. The molecule has 2 aliphatic rings. The van der Waals surface area contributed by atoms with Gasteiger partial charge in [-0.05, 0) is 30.4 Å². The molecule has 142 valence electrons. The van der Waals surface area contributed by atoms with Crippen molar-refractivity contribution in [1.29, 1.82) is 0 Å². The Morgan fingerprint density at radius 2 is 2.22 bits per heavy atom. The van der Waals surface area contributed by atoms with Crippen LogP contribution < -0.4 is 15.0 Å². The number of hydrogen-bond acceptors (Lipinski definition) is 5. The number of quaternary nitrogens is 1. The normalized spacial score (nSPS) is 21.4. The van der Waals surface area contributed by atoms with Crippen molar-refractivity contribution < 1.29 is 19.4 Å². The van der Waals surface area contributed by atoms with Gasteiger partial charge in [0.25, 0.3) is 11.6 Å². The summed E-state index contributed by atoms with van der Waals surface area (Å²) in [6, 6.07) is 6.82. The third-order valence-corrected chi connectivity index (χ3v) is 6.37. The van der Waals surface area contributed by atoms with Crippen LogP contribution in [0.15, 0.2) is 29.6 Å². The van der Waals surface area contributed by atoms with E-state index in [1.165, 1.54) is 53.5 Å². The van der Waals surface area contributed by atoms with Crippen molar-refractivity contribution in [2.24, 2.45) is 5.92 Å². The van der Waals surface area contributed by atoms with Crippen molar-refractivity contribution in [1.82, 2.24) is 0 Å². The Kier molecular flexibility index (Phi) is 4.84. The number of non-ortho nitro benzene ring substituents is 1. The SMILES string of the molecule is COc1ccc([N+](=O)[O-])cc1NC(=O)C[NH+]1CCc2sccc2[C@@H]1C1CC1. The number of amides is 1. The molecule has 2 N–H and O–H groups in total. The molecule has 0 radical (unpaired) electrons. The van der Waals surface area contributed by atoms with E-state index in [-0.39, 0.29) is 11.6 Å². The fraction of sp³-hybridized carbons (Fsp3) is 0.421. The first-order valence-corrected chi connectivity index (χ1v) is 9.98. The van der Waals surface area contributed by atoms with Crippen molar-refractivity contribution in [3.8, 4) is 5.75 Å². The minimum atomic E-state index is -0.480. The van der Waals surface area contributed by atoms with E-state index in [0.29, 0.717) is 29.9 Å². The van der Waals surface area contributed by atoms with Gasteiger partial charge >= 0.3 is 0 Å². The number of nitrogens with one attached hydrogen (secondary N) is 2. The molecule has 7 nitrogen and oxygen atoms in total. The van der Waals surface area contributed by atoms with Crippen LogP contribution in [0.2, 0.25) is 0 Å². The summed E-state index contributed by atoms with van der Waals surface area (Å²) in [5.41, 5.74) is 1.67. The molecule has 1 aliphatic heterocycles. The zero-order valence-electron chi connectivity index (χ0n) is 15.1. The van der Waals surface area contributed by atoms with E-state index >= 15 is 0 Å². The van der Waals surface area contributed by atoms with Crippen LogP contribution in [-0.4, -0.2) is 31.0 Å². The second-order valence-electron chi connectivity index (χ2n) is 7.14. The highest BCUT2D eigenvalue weighted by Gasteiger charge is 2.43. The van der Waals surface area contributed by atoms with Gasteiger partial charge in [-0.2, -0.15) is 0 Å². The largest absolute Gasteiger partial charge is 0.495 e. The van der Waals surface area contributed by atoms with Gasteiger partial charge in [0.15, 0.2) is 6.54 Å². The lowest BCUT2D eigenvalue weighted by molar-refractivity contribution is -0.928. The number of carbonyl (C=O) groups excluding carboxylic acids is 1. The van der Waals surface area contributed by atoms with Gasteiger partial charge in [-0.25, -0.2) is 0 Å². The lowest BCUT2D eigenvalue weighted by Gasteiger charge is -2.32. The first kappa shape index (κ1) is 17.9. The second kappa shape index (κ2) is 7.28. The number of carbonyl (C=O) groups is 1. The fourth-order valence-electron chi connectivity index (χ4n) is 4.00. The maximum atomic E-state index is 12.7. The summed E-state index contributed by atoms with van der Waals surface area (Å²) in [6.45, 7) is 1.29. The Morgan fingerprint density at radius 1 is 1.41 bits per heavy atom. The highest BCUT2D eigenvalue weighted by atomic mass is 32.1. The molecule has 0 spiro atoms. The summed E-state index contributed by atoms with van der Waals surface area (Å²) >= 11 is 1.81. The minimum absolute atomic E-state index is 0.0739. The molecule has 1 unspecified atom stereocenters. The number of ether oxygens (including phenoxy) is 1. The van der Waals surface area contributed by atoms with Crippen molar-refractivity contribution in [2.75, 3.05) is 25.5 Å². The van der Waals surface area contributed by atoms with Crippen LogP contribution in [0.5, 0.6) is 5.75 Å². The predicted molar refractivity (Wildman–Crippen MR) is 102 cm³/mol. The molecule has 0 bridgehead atoms. The zero-order valence-corrected chi connectivity index (χ0v) is 15.9. The van der Waals surface area contributed by atoms with Crippen LogP contribution in [0.4, 0.5) is 11.4 Å². The van der Waals surface area contributed by atoms with Crippen LogP contribution in [-0.2, 0) is 11.2 Å². The first-order valence-electron chi connectivity index (χ1n) is 9.10. The van der Waals surface area contributed by atoms with Crippen molar-refractivity contribution in [2.45, 2.75) is 25.3 Å². The third-order valence-electron chi connectivity index (χ3n) is 5.38. The number of methoxy groups -OCH3 is 1. The molecule has 1 aromatic carbocycles. The minimum Gasteiger partial charge on any atom is -0.495 e. The van der Waals surface area contributed by atoms with Crippen molar-refractivity contribution >= 4 is 28.6 Å². The smallest absolute Gasteiger partial charge is 0.279 e. The van der Waals surface area contributed by atoms with Crippen molar-refractivity contribution in [3.05, 3.63) is 50.2 Å². The summed E-state index contributed by atoms with van der Waals surface area (Å²) in [4.78, 5) is 26.0. The van der Waals surface area contributed by atoms with Gasteiger partial charge in [-0.3, -0.25) is 14.9 Å². The number of benzene rings is 1. The van der Waals surface area contributed by atoms with Crippen LogP contribution in [0.1, 0.15) is 29.3 Å². The fourth-order valence-corrected chi connectivity index (χ4v) is 4.93. The van der Waals surface area contributed by atoms with Crippen LogP contribution in [0.25, 0.3) is 0 Å². The molecule has 4 rings (SSSR count). The quantitative estimate of drug-likeness (QED) is 0.587. The van der Waals surface area contributed by atoms with Gasteiger partial charge in [0.2, 0.25) is 0 Å². The highest BCUT2D eigenvalue weighted by molar-refractivity contribution is 7.10. The lowest BCUT2D eigenvalue weighted by Crippen LogP contribution is -3.14. The second-order valence-corrected chi connectivity index (χ2v) is 8.14.